The second-order valence-electron chi connectivity index (χ2n) is 6.85. The molecule has 0 aliphatic carbocycles. The fourth-order valence-electron chi connectivity index (χ4n) is 4.75. The number of hydrazone groups is 1. The monoisotopic (exact) mass is 238 g/mol. The van der Waals surface area contributed by atoms with Gasteiger partial charge in [0, 0.05) is 0 Å². The van der Waals surface area contributed by atoms with E-state index in [4.69, 9.17) is 5.84 Å². The van der Waals surface area contributed by atoms with Gasteiger partial charge in [0.2, 0.25) is 0 Å². The normalized spacial score (nSPS) is 46.8. The Morgan fingerprint density at radius 2 is 1.88 bits per heavy atom. The van der Waals surface area contributed by atoms with Crippen molar-refractivity contribution in [1.82, 2.24) is 0 Å². The van der Waals surface area contributed by atoms with E-state index in [1.165, 1.54) is 51.4 Å². The smallest absolute Gasteiger partial charge is 0.127 e. The molecule has 0 aromatic rings. The molecule has 17 heavy (non-hydrogen) atoms. The van der Waals surface area contributed by atoms with E-state index in [0.717, 1.165) is 5.92 Å². The number of nitrogens with zero attached hydrogens (tertiary/aromatic N) is 1. The summed E-state index contributed by atoms with van der Waals surface area (Å²) in [6.07, 6.45) is 1.27. The van der Waals surface area contributed by atoms with Crippen LogP contribution in [0.3, 0.4) is 0 Å². The number of nitrogens with two attached hydrogens (primary N) is 1. The van der Waals surface area contributed by atoms with Crippen molar-refractivity contribution in [3.05, 3.63) is 0 Å². The highest BCUT2D eigenvalue weighted by Gasteiger charge is 2.57. The predicted octanol–water partition coefficient (Wildman–Crippen LogP) is -2.24. The Kier molecular flexibility index (Phi) is 2.67. The van der Waals surface area contributed by atoms with E-state index in [-0.39, 0.29) is 0 Å². The maximum atomic E-state index is 5.74. The number of fused-ring (bicyclic) bond motifs is 1. The molecule has 4 fully saturated rings. The van der Waals surface area contributed by atoms with Crippen LogP contribution in [-0.4, -0.2) is 45.0 Å². The van der Waals surface area contributed by atoms with Crippen molar-refractivity contribution in [2.45, 2.75) is 20.3 Å². The van der Waals surface area contributed by atoms with E-state index in [1.54, 1.807) is 9.80 Å². The molecule has 4 saturated heterocycles. The first-order valence-electron chi connectivity index (χ1n) is 7.08. The molecular formula is C13H26N4+2. The number of quaternary nitrogens is 2. The number of hydrogen-bond acceptors (Lipinski definition) is 2. The van der Waals surface area contributed by atoms with Crippen LogP contribution in [0.15, 0.2) is 5.10 Å². The van der Waals surface area contributed by atoms with Gasteiger partial charge in [0.25, 0.3) is 0 Å². The average molecular weight is 238 g/mol. The minimum atomic E-state index is 0.325. The molecule has 4 aliphatic rings. The lowest BCUT2D eigenvalue weighted by atomic mass is 9.66. The summed E-state index contributed by atoms with van der Waals surface area (Å²) in [4.78, 5) is 3.60. The van der Waals surface area contributed by atoms with Crippen LogP contribution in [0.1, 0.15) is 20.3 Å². The van der Waals surface area contributed by atoms with Crippen LogP contribution in [0.5, 0.6) is 0 Å². The van der Waals surface area contributed by atoms with Gasteiger partial charge in [-0.3, -0.25) is 0 Å². The van der Waals surface area contributed by atoms with E-state index in [2.05, 4.69) is 18.9 Å². The third kappa shape index (κ3) is 1.78. The molecule has 2 atom stereocenters. The molecule has 0 radical (unpaired) electrons. The van der Waals surface area contributed by atoms with Crippen molar-refractivity contribution in [3.8, 4) is 0 Å². The zero-order valence-corrected chi connectivity index (χ0v) is 11.1. The quantitative estimate of drug-likeness (QED) is 0.370. The molecule has 4 heteroatoms. The standard InChI is InChI=1S/C13H24N4/c1-10(2)5-13-8-16-3-4-17(9-13)7-11(6-16)12(13)15-14/h10-11H,3-9,14H2,1-2H3/p+2/b15-12+. The van der Waals surface area contributed by atoms with Gasteiger partial charge in [-0.15, -0.1) is 0 Å². The highest BCUT2D eigenvalue weighted by molar-refractivity contribution is 5.93. The summed E-state index contributed by atoms with van der Waals surface area (Å²) < 4.78 is 0. The van der Waals surface area contributed by atoms with Crippen molar-refractivity contribution in [1.29, 1.82) is 0 Å². The molecule has 0 spiro atoms. The van der Waals surface area contributed by atoms with E-state index < -0.39 is 0 Å². The van der Waals surface area contributed by atoms with Gasteiger partial charge in [-0.1, -0.05) is 13.8 Å². The number of rotatable bonds is 2. The van der Waals surface area contributed by atoms with E-state index in [9.17, 15) is 0 Å². The van der Waals surface area contributed by atoms with Gasteiger partial charge in [0.1, 0.15) is 18.5 Å². The molecule has 2 unspecified atom stereocenters. The summed E-state index contributed by atoms with van der Waals surface area (Å²) >= 11 is 0. The lowest BCUT2D eigenvalue weighted by molar-refractivity contribution is -0.918. The molecule has 4 heterocycles. The van der Waals surface area contributed by atoms with Crippen LogP contribution in [0, 0.1) is 17.3 Å². The predicted molar refractivity (Wildman–Crippen MR) is 68.1 cm³/mol. The lowest BCUT2D eigenvalue weighted by Gasteiger charge is -2.46. The minimum Gasteiger partial charge on any atom is -0.329 e. The highest BCUT2D eigenvalue weighted by atomic mass is 15.3. The molecule has 0 amide bonds. The van der Waals surface area contributed by atoms with Crippen molar-refractivity contribution in [3.63, 3.8) is 0 Å². The van der Waals surface area contributed by atoms with Gasteiger partial charge < -0.3 is 15.6 Å². The topological polar surface area (TPSA) is 47.3 Å². The third-order valence-electron chi connectivity index (χ3n) is 4.95. The van der Waals surface area contributed by atoms with Crippen molar-refractivity contribution >= 4 is 5.71 Å². The summed E-state index contributed by atoms with van der Waals surface area (Å²) in [6, 6.07) is 0. The molecule has 4 rings (SSSR count). The van der Waals surface area contributed by atoms with Gasteiger partial charge in [-0.2, -0.15) is 5.10 Å². The third-order valence-corrected chi connectivity index (χ3v) is 4.95. The van der Waals surface area contributed by atoms with Crippen LogP contribution >= 0.6 is 0 Å². The second-order valence-corrected chi connectivity index (χ2v) is 6.85. The van der Waals surface area contributed by atoms with Crippen molar-refractivity contribution in [2.24, 2.45) is 28.2 Å². The molecule has 4 bridgehead atoms. The first-order chi connectivity index (χ1) is 8.13. The Bertz CT molecular complexity index is 320. The lowest BCUT2D eigenvalue weighted by Crippen LogP contribution is -3.17. The summed E-state index contributed by atoms with van der Waals surface area (Å²) in [5.41, 5.74) is 1.69. The molecule has 0 aromatic carbocycles. The van der Waals surface area contributed by atoms with E-state index in [1.807, 2.05) is 0 Å². The molecule has 4 nitrogen and oxygen atoms in total. The first kappa shape index (κ1) is 11.5. The Labute approximate surface area is 104 Å². The van der Waals surface area contributed by atoms with E-state index >= 15 is 0 Å². The Hall–Kier alpha value is -0.610. The summed E-state index contributed by atoms with van der Waals surface area (Å²) in [7, 11) is 0. The van der Waals surface area contributed by atoms with Crippen LogP contribution in [0.4, 0.5) is 0 Å². The van der Waals surface area contributed by atoms with Crippen LogP contribution < -0.4 is 15.6 Å². The summed E-state index contributed by atoms with van der Waals surface area (Å²) in [5, 5.41) is 4.24. The molecule has 96 valence electrons. The second kappa shape index (κ2) is 3.95. The largest absolute Gasteiger partial charge is 0.329 e. The fourth-order valence-corrected chi connectivity index (χ4v) is 4.75. The zero-order chi connectivity index (χ0) is 12.0. The molecule has 4 N–H and O–H groups in total. The SMILES string of the molecule is CC(C)CC12C[NH+]3CC[NH+](CC(C3)/C1=N\N)C2. The van der Waals surface area contributed by atoms with Gasteiger partial charge in [0.05, 0.1) is 37.8 Å². The maximum absolute atomic E-state index is 5.74. The highest BCUT2D eigenvalue weighted by Crippen LogP contribution is 2.33. The Morgan fingerprint density at radius 3 is 2.35 bits per heavy atom. The van der Waals surface area contributed by atoms with Gasteiger partial charge in [0.15, 0.2) is 0 Å². The molecule has 4 aliphatic heterocycles. The van der Waals surface area contributed by atoms with Crippen LogP contribution in [0.25, 0.3) is 0 Å². The summed E-state index contributed by atoms with van der Waals surface area (Å²) in [5.74, 6) is 7.14. The number of piperidine rings is 2. The molecule has 0 saturated carbocycles. The average Bonchev–Trinajstić information content (AvgIpc) is 2.45. The van der Waals surface area contributed by atoms with Crippen molar-refractivity contribution in [2.75, 3.05) is 39.3 Å². The van der Waals surface area contributed by atoms with E-state index in [0.29, 0.717) is 11.3 Å². The zero-order valence-electron chi connectivity index (χ0n) is 11.1. The van der Waals surface area contributed by atoms with Crippen molar-refractivity contribution < 1.29 is 9.80 Å². The molecule has 0 aromatic heterocycles. The fraction of sp³-hybridized carbons (Fsp3) is 0.923. The Balaban J connectivity index is 1.98. The summed E-state index contributed by atoms with van der Waals surface area (Å²) in [6.45, 7) is 12.5. The van der Waals surface area contributed by atoms with Gasteiger partial charge in [-0.05, 0) is 12.3 Å². The van der Waals surface area contributed by atoms with Gasteiger partial charge >= 0.3 is 0 Å². The number of nitrogens with one attached hydrogen (secondary N) is 2. The Morgan fingerprint density at radius 1 is 1.29 bits per heavy atom. The first-order valence-corrected chi connectivity index (χ1v) is 7.08. The minimum absolute atomic E-state index is 0.325. The van der Waals surface area contributed by atoms with Gasteiger partial charge in [-0.25, -0.2) is 0 Å². The maximum Gasteiger partial charge on any atom is 0.127 e. The molecular weight excluding hydrogens is 212 g/mol. The van der Waals surface area contributed by atoms with Crippen LogP contribution in [-0.2, 0) is 0 Å². The number of hydrogen-bond donors (Lipinski definition) is 3. The van der Waals surface area contributed by atoms with Crippen LogP contribution in [0.2, 0.25) is 0 Å².